The molecule has 0 bridgehead atoms. The topological polar surface area (TPSA) is 81.9 Å². The van der Waals surface area contributed by atoms with E-state index in [2.05, 4.69) is 0 Å². The SMILES string of the molecule is COc1ccc(C(=O)/C=C/c2ccc(N(C)c3ccccc3)c([N+](=O)[O-])c2)c(OC)c1. The highest BCUT2D eigenvalue weighted by molar-refractivity contribution is 6.08. The van der Waals surface area contributed by atoms with Crippen molar-refractivity contribution in [3.63, 3.8) is 0 Å². The van der Waals surface area contributed by atoms with Gasteiger partial charge in [0.25, 0.3) is 5.69 Å². The van der Waals surface area contributed by atoms with Crippen LogP contribution in [0.2, 0.25) is 0 Å². The van der Waals surface area contributed by atoms with Crippen molar-refractivity contribution in [1.82, 2.24) is 0 Å². The van der Waals surface area contributed by atoms with Crippen molar-refractivity contribution in [2.75, 3.05) is 26.2 Å². The molecule has 3 aromatic carbocycles. The Hall–Kier alpha value is -4.13. The quantitative estimate of drug-likeness (QED) is 0.214. The molecule has 0 amide bonds. The van der Waals surface area contributed by atoms with E-state index in [1.807, 2.05) is 30.3 Å². The third kappa shape index (κ3) is 4.90. The van der Waals surface area contributed by atoms with Crippen molar-refractivity contribution in [3.8, 4) is 11.5 Å². The Labute approximate surface area is 180 Å². The maximum absolute atomic E-state index is 12.6. The van der Waals surface area contributed by atoms with Gasteiger partial charge >= 0.3 is 0 Å². The molecule has 0 N–H and O–H groups in total. The van der Waals surface area contributed by atoms with E-state index in [0.717, 1.165) is 5.69 Å². The van der Waals surface area contributed by atoms with Gasteiger partial charge in [-0.25, -0.2) is 0 Å². The van der Waals surface area contributed by atoms with E-state index >= 15 is 0 Å². The molecule has 3 aromatic rings. The van der Waals surface area contributed by atoms with Gasteiger partial charge in [-0.15, -0.1) is 0 Å². The molecule has 0 aliphatic carbocycles. The maximum atomic E-state index is 12.6. The first-order valence-corrected chi connectivity index (χ1v) is 9.46. The zero-order chi connectivity index (χ0) is 22.4. The largest absolute Gasteiger partial charge is 0.497 e. The summed E-state index contributed by atoms with van der Waals surface area (Å²) in [6, 6.07) is 19.1. The first kappa shape index (κ1) is 21.6. The highest BCUT2D eigenvalue weighted by Crippen LogP contribution is 2.33. The second-order valence-electron chi connectivity index (χ2n) is 6.66. The predicted octanol–water partition coefficient (Wildman–Crippen LogP) is 5.28. The standard InChI is InChI=1S/C24H22N2O5/c1-25(18-7-5-4-6-8-18)21-13-9-17(15-22(21)26(28)29)10-14-23(27)20-12-11-19(30-2)16-24(20)31-3/h4-16H,1-3H3/b14-10+. The van der Waals surface area contributed by atoms with E-state index in [9.17, 15) is 14.9 Å². The predicted molar refractivity (Wildman–Crippen MR) is 121 cm³/mol. The molecule has 3 rings (SSSR count). The lowest BCUT2D eigenvalue weighted by molar-refractivity contribution is -0.384. The van der Waals surface area contributed by atoms with Crippen LogP contribution in [0.4, 0.5) is 17.1 Å². The third-order valence-corrected chi connectivity index (χ3v) is 4.80. The van der Waals surface area contributed by atoms with Gasteiger partial charge in [-0.05, 0) is 42.0 Å². The lowest BCUT2D eigenvalue weighted by Crippen LogP contribution is -2.11. The number of para-hydroxylation sites is 1. The minimum Gasteiger partial charge on any atom is -0.497 e. The first-order chi connectivity index (χ1) is 14.9. The molecule has 0 spiro atoms. The normalized spacial score (nSPS) is 10.7. The number of nitro groups is 1. The Morgan fingerprint density at radius 1 is 1.00 bits per heavy atom. The van der Waals surface area contributed by atoms with E-state index in [1.54, 1.807) is 48.4 Å². The average molecular weight is 418 g/mol. The molecule has 0 atom stereocenters. The van der Waals surface area contributed by atoms with Gasteiger partial charge in [0.2, 0.25) is 0 Å². The number of carbonyl (C=O) groups is 1. The molecule has 0 fully saturated rings. The summed E-state index contributed by atoms with van der Waals surface area (Å²) >= 11 is 0. The van der Waals surface area contributed by atoms with Crippen LogP contribution in [-0.2, 0) is 0 Å². The molecule has 158 valence electrons. The molecule has 31 heavy (non-hydrogen) atoms. The van der Waals surface area contributed by atoms with Crippen LogP contribution in [0.5, 0.6) is 11.5 Å². The van der Waals surface area contributed by atoms with Crippen LogP contribution in [-0.4, -0.2) is 32.0 Å². The number of nitro benzene ring substituents is 1. The van der Waals surface area contributed by atoms with Gasteiger partial charge in [-0.3, -0.25) is 14.9 Å². The number of carbonyl (C=O) groups excluding carboxylic acids is 1. The lowest BCUT2D eigenvalue weighted by Gasteiger charge is -2.19. The fourth-order valence-corrected chi connectivity index (χ4v) is 3.13. The summed E-state index contributed by atoms with van der Waals surface area (Å²) in [5.41, 5.74) is 2.14. The Bertz CT molecular complexity index is 1130. The molecule has 0 aliphatic rings. The number of nitrogens with zero attached hydrogens (tertiary/aromatic N) is 2. The molecule has 0 saturated carbocycles. The first-order valence-electron chi connectivity index (χ1n) is 9.46. The van der Waals surface area contributed by atoms with E-state index in [4.69, 9.17) is 9.47 Å². The highest BCUT2D eigenvalue weighted by Gasteiger charge is 2.18. The third-order valence-electron chi connectivity index (χ3n) is 4.80. The number of hydrogen-bond donors (Lipinski definition) is 0. The fourth-order valence-electron chi connectivity index (χ4n) is 3.13. The molecule has 7 heteroatoms. The molecule has 0 unspecified atom stereocenters. The number of hydrogen-bond acceptors (Lipinski definition) is 6. The van der Waals surface area contributed by atoms with Gasteiger partial charge < -0.3 is 14.4 Å². The average Bonchev–Trinajstić information content (AvgIpc) is 2.81. The van der Waals surface area contributed by atoms with Crippen molar-refractivity contribution in [1.29, 1.82) is 0 Å². The van der Waals surface area contributed by atoms with E-state index < -0.39 is 4.92 Å². The van der Waals surface area contributed by atoms with Crippen molar-refractivity contribution in [2.45, 2.75) is 0 Å². The van der Waals surface area contributed by atoms with Crippen LogP contribution in [0.3, 0.4) is 0 Å². The minimum absolute atomic E-state index is 0.0528. The lowest BCUT2D eigenvalue weighted by atomic mass is 10.1. The van der Waals surface area contributed by atoms with Crippen LogP contribution in [0.25, 0.3) is 6.08 Å². The Morgan fingerprint density at radius 2 is 1.74 bits per heavy atom. The van der Waals surface area contributed by atoms with E-state index in [1.165, 1.54) is 26.4 Å². The maximum Gasteiger partial charge on any atom is 0.293 e. The summed E-state index contributed by atoms with van der Waals surface area (Å²) in [7, 11) is 4.77. The molecule has 7 nitrogen and oxygen atoms in total. The van der Waals surface area contributed by atoms with Gasteiger partial charge in [0.15, 0.2) is 5.78 Å². The number of benzene rings is 3. The number of ketones is 1. The summed E-state index contributed by atoms with van der Waals surface area (Å²) < 4.78 is 10.4. The van der Waals surface area contributed by atoms with Crippen molar-refractivity contribution in [2.24, 2.45) is 0 Å². The molecule has 0 saturated heterocycles. The number of methoxy groups -OCH3 is 2. The molecule has 0 aliphatic heterocycles. The molecule has 0 heterocycles. The number of ether oxygens (including phenoxy) is 2. The second kappa shape index (κ2) is 9.58. The Morgan fingerprint density at radius 3 is 2.39 bits per heavy atom. The van der Waals surface area contributed by atoms with Gasteiger partial charge in [-0.2, -0.15) is 0 Å². The van der Waals surface area contributed by atoms with Crippen molar-refractivity contribution < 1.29 is 19.2 Å². The summed E-state index contributed by atoms with van der Waals surface area (Å²) in [5, 5.41) is 11.7. The number of rotatable bonds is 8. The minimum atomic E-state index is -0.430. The van der Waals surface area contributed by atoms with Crippen molar-refractivity contribution in [3.05, 3.63) is 94.0 Å². The van der Waals surface area contributed by atoms with Gasteiger partial charge in [0.05, 0.1) is 24.7 Å². The second-order valence-corrected chi connectivity index (χ2v) is 6.66. The summed E-state index contributed by atoms with van der Waals surface area (Å²) in [5.74, 6) is 0.679. The number of allylic oxidation sites excluding steroid dienone is 1. The Balaban J connectivity index is 1.89. The van der Waals surface area contributed by atoms with E-state index in [0.29, 0.717) is 28.3 Å². The summed E-state index contributed by atoms with van der Waals surface area (Å²) in [4.78, 5) is 25.6. The van der Waals surface area contributed by atoms with Crippen LogP contribution >= 0.6 is 0 Å². The zero-order valence-electron chi connectivity index (χ0n) is 17.4. The van der Waals surface area contributed by atoms with Crippen LogP contribution in [0, 0.1) is 10.1 Å². The fraction of sp³-hybridized carbons (Fsp3) is 0.125. The summed E-state index contributed by atoms with van der Waals surface area (Å²) in [6.45, 7) is 0. The molecule has 0 aromatic heterocycles. The Kier molecular flexibility index (Phi) is 6.67. The van der Waals surface area contributed by atoms with Gasteiger partial charge in [0.1, 0.15) is 17.2 Å². The van der Waals surface area contributed by atoms with Gasteiger partial charge in [0, 0.05) is 24.9 Å². The van der Waals surface area contributed by atoms with E-state index in [-0.39, 0.29) is 11.5 Å². The molecular formula is C24H22N2O5. The van der Waals surface area contributed by atoms with Gasteiger partial charge in [-0.1, -0.05) is 30.3 Å². The van der Waals surface area contributed by atoms with Crippen LogP contribution < -0.4 is 14.4 Å². The summed E-state index contributed by atoms with van der Waals surface area (Å²) in [6.07, 6.45) is 2.91. The zero-order valence-corrected chi connectivity index (χ0v) is 17.4. The van der Waals surface area contributed by atoms with Crippen LogP contribution in [0.1, 0.15) is 15.9 Å². The monoisotopic (exact) mass is 418 g/mol. The highest BCUT2D eigenvalue weighted by atomic mass is 16.6. The smallest absolute Gasteiger partial charge is 0.293 e. The van der Waals surface area contributed by atoms with Crippen LogP contribution in [0.15, 0.2) is 72.8 Å². The molecule has 0 radical (unpaired) electrons. The van der Waals surface area contributed by atoms with Crippen molar-refractivity contribution >= 4 is 28.9 Å². The number of anilines is 2. The molecular weight excluding hydrogens is 396 g/mol.